The number of hydrogen-bond acceptors (Lipinski definition) is 4. The van der Waals surface area contributed by atoms with Crippen molar-refractivity contribution in [3.8, 4) is 0 Å². The summed E-state index contributed by atoms with van der Waals surface area (Å²) in [6.45, 7) is 7.96. The summed E-state index contributed by atoms with van der Waals surface area (Å²) in [5.41, 5.74) is 1.91. The lowest BCUT2D eigenvalue weighted by Crippen LogP contribution is -2.36. The van der Waals surface area contributed by atoms with E-state index in [0.717, 1.165) is 22.3 Å². The number of nitrogens with zero attached hydrogens (tertiary/aromatic N) is 3. The highest BCUT2D eigenvalue weighted by molar-refractivity contribution is 5.83. The SMILES string of the molecule is Cc1c(C(NC(=O)C(C)n2cncn2)C(C)C)oc2ccccc12. The number of aromatic nitrogens is 3. The Kier molecular flexibility index (Phi) is 4.38. The lowest BCUT2D eigenvalue weighted by molar-refractivity contribution is -0.125. The second-order valence-corrected chi connectivity index (χ2v) is 6.37. The van der Waals surface area contributed by atoms with Gasteiger partial charge in [0.2, 0.25) is 5.91 Å². The van der Waals surface area contributed by atoms with Crippen molar-refractivity contribution in [2.24, 2.45) is 5.92 Å². The second-order valence-electron chi connectivity index (χ2n) is 6.37. The zero-order valence-electron chi connectivity index (χ0n) is 14.4. The first-order valence-electron chi connectivity index (χ1n) is 8.11. The van der Waals surface area contributed by atoms with Crippen molar-refractivity contribution in [2.45, 2.75) is 39.8 Å². The molecule has 3 aromatic rings. The molecule has 6 nitrogen and oxygen atoms in total. The molecule has 2 atom stereocenters. The maximum absolute atomic E-state index is 12.6. The molecule has 0 radical (unpaired) electrons. The van der Waals surface area contributed by atoms with Crippen LogP contribution in [0.1, 0.15) is 44.2 Å². The van der Waals surface area contributed by atoms with Gasteiger partial charge in [0.25, 0.3) is 0 Å². The Morgan fingerprint density at radius 1 is 1.25 bits per heavy atom. The van der Waals surface area contributed by atoms with Crippen molar-refractivity contribution in [3.05, 3.63) is 48.2 Å². The zero-order valence-corrected chi connectivity index (χ0v) is 14.4. The average Bonchev–Trinajstić information content (AvgIpc) is 3.20. The lowest BCUT2D eigenvalue weighted by Gasteiger charge is -2.23. The smallest absolute Gasteiger partial charge is 0.245 e. The van der Waals surface area contributed by atoms with Crippen molar-refractivity contribution < 1.29 is 9.21 Å². The first kappa shape index (κ1) is 16.2. The molecule has 0 aliphatic heterocycles. The molecular weight excluding hydrogens is 304 g/mol. The molecule has 0 saturated carbocycles. The van der Waals surface area contributed by atoms with E-state index in [1.54, 1.807) is 13.3 Å². The third kappa shape index (κ3) is 2.91. The molecule has 0 bridgehead atoms. The maximum atomic E-state index is 12.6. The predicted octanol–water partition coefficient (Wildman–Crippen LogP) is 3.41. The van der Waals surface area contributed by atoms with Gasteiger partial charge in [-0.25, -0.2) is 9.67 Å². The largest absolute Gasteiger partial charge is 0.459 e. The van der Waals surface area contributed by atoms with Gasteiger partial charge in [-0.3, -0.25) is 4.79 Å². The van der Waals surface area contributed by atoms with Crippen LogP contribution < -0.4 is 5.32 Å². The summed E-state index contributed by atoms with van der Waals surface area (Å²) in [5.74, 6) is 0.889. The average molecular weight is 326 g/mol. The van der Waals surface area contributed by atoms with Gasteiger partial charge in [0.05, 0.1) is 6.04 Å². The molecule has 126 valence electrons. The fraction of sp³-hybridized carbons (Fsp3) is 0.389. The molecular formula is C18H22N4O2. The van der Waals surface area contributed by atoms with E-state index in [4.69, 9.17) is 4.42 Å². The van der Waals surface area contributed by atoms with Gasteiger partial charge >= 0.3 is 0 Å². The molecule has 0 spiro atoms. The third-order valence-corrected chi connectivity index (χ3v) is 4.34. The first-order chi connectivity index (χ1) is 11.5. The van der Waals surface area contributed by atoms with E-state index in [0.29, 0.717) is 0 Å². The molecule has 1 aromatic carbocycles. The predicted molar refractivity (Wildman–Crippen MR) is 91.4 cm³/mol. The molecule has 2 heterocycles. The van der Waals surface area contributed by atoms with Crippen LogP contribution in [0.3, 0.4) is 0 Å². The molecule has 1 N–H and O–H groups in total. The monoisotopic (exact) mass is 326 g/mol. The molecule has 24 heavy (non-hydrogen) atoms. The Labute approximate surface area is 140 Å². The Morgan fingerprint density at radius 3 is 2.62 bits per heavy atom. The number of para-hydroxylation sites is 1. The van der Waals surface area contributed by atoms with Crippen LogP contribution in [0, 0.1) is 12.8 Å². The Balaban J connectivity index is 1.89. The van der Waals surface area contributed by atoms with Crippen molar-refractivity contribution in [2.75, 3.05) is 0 Å². The van der Waals surface area contributed by atoms with Crippen LogP contribution in [-0.2, 0) is 4.79 Å². The van der Waals surface area contributed by atoms with E-state index in [-0.39, 0.29) is 17.9 Å². The lowest BCUT2D eigenvalue weighted by atomic mass is 9.98. The second kappa shape index (κ2) is 6.47. The first-order valence-corrected chi connectivity index (χ1v) is 8.11. The van der Waals surface area contributed by atoms with Crippen LogP contribution in [0.5, 0.6) is 0 Å². The molecule has 6 heteroatoms. The number of benzene rings is 1. The number of carbonyl (C=O) groups excluding carboxylic acids is 1. The number of hydrogen-bond donors (Lipinski definition) is 1. The fourth-order valence-electron chi connectivity index (χ4n) is 2.84. The number of nitrogens with one attached hydrogen (secondary N) is 1. The quantitative estimate of drug-likeness (QED) is 0.780. The minimum absolute atomic E-state index is 0.112. The van der Waals surface area contributed by atoms with Crippen LogP contribution in [0.25, 0.3) is 11.0 Å². The van der Waals surface area contributed by atoms with Crippen LogP contribution in [0.2, 0.25) is 0 Å². The normalized spacial score (nSPS) is 14.0. The number of carbonyl (C=O) groups is 1. The van der Waals surface area contributed by atoms with E-state index in [1.165, 1.54) is 11.0 Å². The van der Waals surface area contributed by atoms with E-state index in [9.17, 15) is 4.79 Å². The highest BCUT2D eigenvalue weighted by Crippen LogP contribution is 2.33. The maximum Gasteiger partial charge on any atom is 0.245 e. The van der Waals surface area contributed by atoms with Gasteiger partial charge in [-0.15, -0.1) is 0 Å². The highest BCUT2D eigenvalue weighted by Gasteiger charge is 2.27. The Bertz CT molecular complexity index is 836. The third-order valence-electron chi connectivity index (χ3n) is 4.34. The van der Waals surface area contributed by atoms with Crippen molar-refractivity contribution >= 4 is 16.9 Å². The highest BCUT2D eigenvalue weighted by atomic mass is 16.3. The number of amides is 1. The van der Waals surface area contributed by atoms with Gasteiger partial charge in [-0.2, -0.15) is 5.10 Å². The van der Waals surface area contributed by atoms with Crippen molar-refractivity contribution in [1.82, 2.24) is 20.1 Å². The molecule has 0 fully saturated rings. The summed E-state index contributed by atoms with van der Waals surface area (Å²) >= 11 is 0. The molecule has 3 rings (SSSR count). The van der Waals surface area contributed by atoms with Gasteiger partial charge in [0, 0.05) is 10.9 Å². The number of aryl methyl sites for hydroxylation is 1. The minimum atomic E-state index is -0.432. The molecule has 0 aliphatic carbocycles. The van der Waals surface area contributed by atoms with Crippen LogP contribution in [-0.4, -0.2) is 20.7 Å². The minimum Gasteiger partial charge on any atom is -0.459 e. The van der Waals surface area contributed by atoms with Crippen molar-refractivity contribution in [3.63, 3.8) is 0 Å². The van der Waals surface area contributed by atoms with Crippen molar-refractivity contribution in [1.29, 1.82) is 0 Å². The Hall–Kier alpha value is -2.63. The topological polar surface area (TPSA) is 73.0 Å². The van der Waals surface area contributed by atoms with Gasteiger partial charge in [0.15, 0.2) is 0 Å². The van der Waals surface area contributed by atoms with Gasteiger partial charge in [-0.1, -0.05) is 32.0 Å². The Morgan fingerprint density at radius 2 is 2.00 bits per heavy atom. The van der Waals surface area contributed by atoms with Gasteiger partial charge < -0.3 is 9.73 Å². The van der Waals surface area contributed by atoms with Gasteiger partial charge in [0.1, 0.15) is 30.0 Å². The summed E-state index contributed by atoms with van der Waals surface area (Å²) in [6.07, 6.45) is 2.97. The standard InChI is InChI=1S/C18H22N4O2/c1-11(2)16(21-18(23)13(4)22-10-19-9-20-22)17-12(3)14-7-5-6-8-15(14)24-17/h5-11,13,16H,1-4H3,(H,21,23). The molecule has 2 aromatic heterocycles. The van der Waals surface area contributed by atoms with E-state index in [2.05, 4.69) is 29.2 Å². The summed E-state index contributed by atoms with van der Waals surface area (Å²) in [6, 6.07) is 7.29. The summed E-state index contributed by atoms with van der Waals surface area (Å²) in [5, 5.41) is 8.22. The van der Waals surface area contributed by atoms with E-state index in [1.807, 2.05) is 31.2 Å². The summed E-state index contributed by atoms with van der Waals surface area (Å²) in [7, 11) is 0. The van der Waals surface area contributed by atoms with E-state index < -0.39 is 6.04 Å². The summed E-state index contributed by atoms with van der Waals surface area (Å²) < 4.78 is 7.58. The molecule has 0 aliphatic rings. The zero-order chi connectivity index (χ0) is 17.3. The van der Waals surface area contributed by atoms with Crippen LogP contribution >= 0.6 is 0 Å². The number of furan rings is 1. The number of rotatable bonds is 5. The molecule has 1 amide bonds. The summed E-state index contributed by atoms with van der Waals surface area (Å²) in [4.78, 5) is 16.5. The van der Waals surface area contributed by atoms with E-state index >= 15 is 0 Å². The molecule has 2 unspecified atom stereocenters. The fourth-order valence-corrected chi connectivity index (χ4v) is 2.84. The molecule has 0 saturated heterocycles. The van der Waals surface area contributed by atoms with Gasteiger partial charge in [-0.05, 0) is 25.8 Å². The van der Waals surface area contributed by atoms with Crippen LogP contribution in [0.15, 0.2) is 41.3 Å². The van der Waals surface area contributed by atoms with Crippen LogP contribution in [0.4, 0.5) is 0 Å². The number of fused-ring (bicyclic) bond motifs is 1.